The summed E-state index contributed by atoms with van der Waals surface area (Å²) in [6.07, 6.45) is 3.87. The standard InChI is InChI=1S/C24H22F2N4O2/c1-2-19(31)29-8-10-30(11-9-29)24-16-13-15-5-4-12-32-18-7-3-6-17(25)21(18)20(15)22(26)23(16)27-14-28-24/h2-3,6-7,13-14H,1,4-5,8-12H2. The molecule has 0 unspecified atom stereocenters. The van der Waals surface area contributed by atoms with E-state index in [0.717, 1.165) is 0 Å². The summed E-state index contributed by atoms with van der Waals surface area (Å²) in [4.78, 5) is 24.3. The number of fused-ring (bicyclic) bond motifs is 4. The molecule has 0 saturated carbocycles. The molecule has 2 aromatic carbocycles. The second kappa shape index (κ2) is 8.18. The van der Waals surface area contributed by atoms with Crippen LogP contribution in [0.2, 0.25) is 0 Å². The average molecular weight is 436 g/mol. The number of carbonyl (C=O) groups excluding carboxylic acids is 1. The van der Waals surface area contributed by atoms with E-state index in [9.17, 15) is 9.18 Å². The van der Waals surface area contributed by atoms with Crippen molar-refractivity contribution in [2.45, 2.75) is 12.8 Å². The molecule has 0 N–H and O–H groups in total. The molecule has 3 heterocycles. The average Bonchev–Trinajstić information content (AvgIpc) is 2.80. The summed E-state index contributed by atoms with van der Waals surface area (Å²) in [5.41, 5.74) is 1.20. The maximum Gasteiger partial charge on any atom is 0.246 e. The molecule has 1 saturated heterocycles. The molecule has 1 aromatic heterocycles. The molecule has 2 aliphatic heterocycles. The Hall–Kier alpha value is -3.55. The van der Waals surface area contributed by atoms with Crippen LogP contribution in [0.25, 0.3) is 22.0 Å². The third-order valence-corrected chi connectivity index (χ3v) is 6.07. The van der Waals surface area contributed by atoms with Crippen LogP contribution in [0, 0.1) is 11.6 Å². The molecular weight excluding hydrogens is 414 g/mol. The van der Waals surface area contributed by atoms with Crippen molar-refractivity contribution in [3.8, 4) is 16.9 Å². The van der Waals surface area contributed by atoms with E-state index in [1.807, 2.05) is 11.0 Å². The van der Waals surface area contributed by atoms with Gasteiger partial charge in [0, 0.05) is 37.1 Å². The number of amides is 1. The first-order chi connectivity index (χ1) is 15.6. The number of benzene rings is 2. The van der Waals surface area contributed by atoms with E-state index < -0.39 is 11.6 Å². The number of aryl methyl sites for hydroxylation is 1. The van der Waals surface area contributed by atoms with Gasteiger partial charge in [0.2, 0.25) is 5.91 Å². The lowest BCUT2D eigenvalue weighted by Crippen LogP contribution is -2.48. The largest absolute Gasteiger partial charge is 0.493 e. The van der Waals surface area contributed by atoms with Crippen LogP contribution in [0.15, 0.2) is 43.2 Å². The zero-order valence-corrected chi connectivity index (χ0v) is 17.5. The Balaban J connectivity index is 1.63. The summed E-state index contributed by atoms with van der Waals surface area (Å²) >= 11 is 0. The predicted molar refractivity (Wildman–Crippen MR) is 118 cm³/mol. The highest BCUT2D eigenvalue weighted by Crippen LogP contribution is 2.42. The van der Waals surface area contributed by atoms with Gasteiger partial charge >= 0.3 is 0 Å². The molecule has 0 atom stereocenters. The zero-order chi connectivity index (χ0) is 22.2. The number of anilines is 1. The fraction of sp³-hybridized carbons (Fsp3) is 0.292. The van der Waals surface area contributed by atoms with Gasteiger partial charge in [-0.1, -0.05) is 12.6 Å². The molecule has 6 nitrogen and oxygen atoms in total. The molecule has 0 aliphatic carbocycles. The van der Waals surface area contributed by atoms with Crippen molar-refractivity contribution >= 4 is 22.6 Å². The molecule has 1 amide bonds. The van der Waals surface area contributed by atoms with Gasteiger partial charge < -0.3 is 14.5 Å². The minimum atomic E-state index is -0.571. The number of ether oxygens (including phenoxy) is 1. The summed E-state index contributed by atoms with van der Waals surface area (Å²) in [6.45, 7) is 6.15. The van der Waals surface area contributed by atoms with Gasteiger partial charge in [-0.15, -0.1) is 0 Å². The highest BCUT2D eigenvalue weighted by molar-refractivity contribution is 5.95. The highest BCUT2D eigenvalue weighted by Gasteiger charge is 2.27. The van der Waals surface area contributed by atoms with Crippen molar-refractivity contribution in [2.75, 3.05) is 37.7 Å². The lowest BCUT2D eigenvalue weighted by molar-refractivity contribution is -0.126. The Morgan fingerprint density at radius 3 is 2.72 bits per heavy atom. The molecule has 0 bridgehead atoms. The Morgan fingerprint density at radius 2 is 1.94 bits per heavy atom. The van der Waals surface area contributed by atoms with Crippen molar-refractivity contribution in [1.29, 1.82) is 0 Å². The lowest BCUT2D eigenvalue weighted by atomic mass is 9.92. The number of aromatic nitrogens is 2. The van der Waals surface area contributed by atoms with E-state index in [-0.39, 0.29) is 22.6 Å². The van der Waals surface area contributed by atoms with E-state index in [1.54, 1.807) is 17.0 Å². The first-order valence-electron chi connectivity index (χ1n) is 10.6. The fourth-order valence-electron chi connectivity index (χ4n) is 4.50. The predicted octanol–water partition coefficient (Wildman–Crippen LogP) is 3.73. The second-order valence-electron chi connectivity index (χ2n) is 7.90. The van der Waals surface area contributed by atoms with Gasteiger partial charge in [0.05, 0.1) is 12.2 Å². The molecule has 2 aliphatic rings. The summed E-state index contributed by atoms with van der Waals surface area (Å²) in [5, 5.41) is 0.589. The van der Waals surface area contributed by atoms with Gasteiger partial charge in [0.15, 0.2) is 5.82 Å². The van der Waals surface area contributed by atoms with Crippen LogP contribution in [0.5, 0.6) is 5.75 Å². The van der Waals surface area contributed by atoms with Gasteiger partial charge in [0.25, 0.3) is 0 Å². The molecule has 1 fully saturated rings. The summed E-state index contributed by atoms with van der Waals surface area (Å²) in [5.74, 6) is -0.247. The van der Waals surface area contributed by atoms with Crippen molar-refractivity contribution in [3.63, 3.8) is 0 Å². The van der Waals surface area contributed by atoms with Crippen molar-refractivity contribution < 1.29 is 18.3 Å². The fourth-order valence-corrected chi connectivity index (χ4v) is 4.50. The first-order valence-corrected chi connectivity index (χ1v) is 10.6. The van der Waals surface area contributed by atoms with Gasteiger partial charge in [-0.2, -0.15) is 0 Å². The Morgan fingerprint density at radius 1 is 1.12 bits per heavy atom. The van der Waals surface area contributed by atoms with Crippen molar-refractivity contribution in [3.05, 3.63) is 60.4 Å². The van der Waals surface area contributed by atoms with E-state index in [4.69, 9.17) is 4.74 Å². The van der Waals surface area contributed by atoms with E-state index in [0.29, 0.717) is 68.1 Å². The molecule has 8 heteroatoms. The molecule has 3 aromatic rings. The maximum absolute atomic E-state index is 15.9. The van der Waals surface area contributed by atoms with Crippen LogP contribution >= 0.6 is 0 Å². The minimum Gasteiger partial charge on any atom is -0.493 e. The Bertz CT molecular complexity index is 1220. The molecule has 32 heavy (non-hydrogen) atoms. The van der Waals surface area contributed by atoms with Crippen LogP contribution in [0.3, 0.4) is 0 Å². The van der Waals surface area contributed by atoms with Gasteiger partial charge in [0.1, 0.15) is 29.2 Å². The SMILES string of the molecule is C=CC(=O)N1CCN(c2ncnc3c(F)c4c(cc23)CCCOc2cccc(F)c2-4)CC1. The van der Waals surface area contributed by atoms with E-state index in [1.165, 1.54) is 18.5 Å². The minimum absolute atomic E-state index is 0.104. The third-order valence-electron chi connectivity index (χ3n) is 6.07. The van der Waals surface area contributed by atoms with Crippen molar-refractivity contribution in [1.82, 2.24) is 14.9 Å². The summed E-state index contributed by atoms with van der Waals surface area (Å²) in [6, 6.07) is 6.41. The number of carbonyl (C=O) groups is 1. The molecule has 164 valence electrons. The van der Waals surface area contributed by atoms with Crippen LogP contribution in [0.1, 0.15) is 12.0 Å². The first kappa shape index (κ1) is 20.4. The number of rotatable bonds is 2. The number of halogens is 2. The van der Waals surface area contributed by atoms with Gasteiger partial charge in [-0.25, -0.2) is 18.7 Å². The van der Waals surface area contributed by atoms with E-state index >= 15 is 4.39 Å². The summed E-state index contributed by atoms with van der Waals surface area (Å²) < 4.78 is 36.4. The quantitative estimate of drug-likeness (QED) is 0.573. The molecule has 0 radical (unpaired) electrons. The van der Waals surface area contributed by atoms with E-state index in [2.05, 4.69) is 16.5 Å². The molecule has 5 rings (SSSR count). The zero-order valence-electron chi connectivity index (χ0n) is 17.5. The summed E-state index contributed by atoms with van der Waals surface area (Å²) in [7, 11) is 0. The maximum atomic E-state index is 15.9. The molecular formula is C24H22F2N4O2. The normalized spacial score (nSPS) is 15.9. The second-order valence-corrected chi connectivity index (χ2v) is 7.90. The number of hydrogen-bond acceptors (Lipinski definition) is 5. The molecule has 0 spiro atoms. The smallest absolute Gasteiger partial charge is 0.246 e. The van der Waals surface area contributed by atoms with Crippen molar-refractivity contribution in [2.24, 2.45) is 0 Å². The number of hydrogen-bond donors (Lipinski definition) is 0. The number of nitrogens with zero attached hydrogens (tertiary/aromatic N) is 4. The third kappa shape index (κ3) is 3.36. The van der Waals surface area contributed by atoms with Crippen LogP contribution in [-0.2, 0) is 11.2 Å². The Kier molecular flexibility index (Phi) is 5.20. The van der Waals surface area contributed by atoms with Crippen LogP contribution in [-0.4, -0.2) is 53.6 Å². The topological polar surface area (TPSA) is 58.6 Å². The van der Waals surface area contributed by atoms with Crippen LogP contribution < -0.4 is 9.64 Å². The Labute approximate surface area is 184 Å². The van der Waals surface area contributed by atoms with Gasteiger partial charge in [-0.3, -0.25) is 4.79 Å². The number of piperazine rings is 1. The van der Waals surface area contributed by atoms with Gasteiger partial charge in [-0.05, 0) is 42.7 Å². The monoisotopic (exact) mass is 436 g/mol. The lowest BCUT2D eigenvalue weighted by Gasteiger charge is -2.35. The highest BCUT2D eigenvalue weighted by atomic mass is 19.1. The van der Waals surface area contributed by atoms with Crippen LogP contribution in [0.4, 0.5) is 14.6 Å².